The van der Waals surface area contributed by atoms with Gasteiger partial charge >= 0.3 is 11.9 Å². The van der Waals surface area contributed by atoms with E-state index in [1.54, 1.807) is 26.0 Å². The van der Waals surface area contributed by atoms with E-state index in [0.717, 1.165) is 0 Å². The first-order chi connectivity index (χ1) is 13.0. The molecule has 2 unspecified atom stereocenters. The van der Waals surface area contributed by atoms with Gasteiger partial charge in [-0.25, -0.2) is 4.79 Å². The fourth-order valence-corrected chi connectivity index (χ4v) is 5.07. The van der Waals surface area contributed by atoms with Crippen LogP contribution in [0.4, 0.5) is 0 Å². The van der Waals surface area contributed by atoms with E-state index in [-0.39, 0.29) is 0 Å². The third-order valence-corrected chi connectivity index (χ3v) is 6.33. The van der Waals surface area contributed by atoms with Gasteiger partial charge in [-0.2, -0.15) is 0 Å². The van der Waals surface area contributed by atoms with Crippen LogP contribution >= 0.6 is 11.8 Å². The molecule has 4 N–H and O–H groups in total. The molecule has 4 atom stereocenters. The number of fused-ring (bicyclic) bond motifs is 1. The molecule has 2 aliphatic rings. The molecule has 1 aromatic rings. The van der Waals surface area contributed by atoms with Gasteiger partial charge in [-0.15, -0.1) is 11.8 Å². The van der Waals surface area contributed by atoms with Crippen molar-refractivity contribution in [3.8, 4) is 5.75 Å². The van der Waals surface area contributed by atoms with Gasteiger partial charge in [-0.3, -0.25) is 14.4 Å². The average molecular weight is 407 g/mol. The molecule has 2 heterocycles. The third kappa shape index (κ3) is 3.45. The molecule has 9 nitrogen and oxygen atoms in total. The van der Waals surface area contributed by atoms with Crippen molar-refractivity contribution in [3.63, 3.8) is 0 Å². The Kier molecular flexibility index (Phi) is 5.11. The summed E-state index contributed by atoms with van der Waals surface area (Å²) >= 11 is 1.34. The summed E-state index contributed by atoms with van der Waals surface area (Å²) in [4.78, 5) is 48.7. The van der Waals surface area contributed by atoms with Gasteiger partial charge in [0, 0.05) is 11.7 Å². The lowest BCUT2D eigenvalue weighted by atomic mass is 9.95. The number of hydrogen-bond acceptors (Lipinski definition) is 7. The molecule has 1 aromatic carbocycles. The van der Waals surface area contributed by atoms with E-state index in [1.165, 1.54) is 35.7 Å². The van der Waals surface area contributed by atoms with Crippen LogP contribution in [0.15, 0.2) is 24.3 Å². The van der Waals surface area contributed by atoms with Gasteiger partial charge in [-0.1, -0.05) is 12.1 Å². The Bertz CT molecular complexity index is 840. The molecule has 0 saturated carbocycles. The van der Waals surface area contributed by atoms with Gasteiger partial charge in [0.25, 0.3) is 0 Å². The normalized spacial score (nSPS) is 26.1. The van der Waals surface area contributed by atoms with E-state index in [0.29, 0.717) is 11.3 Å². The number of nitrogens with one attached hydrogen (secondary N) is 1. The number of carboxylic acid groups (broad SMARTS) is 1. The van der Waals surface area contributed by atoms with Gasteiger partial charge in [0.1, 0.15) is 29.2 Å². The van der Waals surface area contributed by atoms with Gasteiger partial charge in [0.2, 0.25) is 11.8 Å². The largest absolute Gasteiger partial charge is 0.480 e. The maximum atomic E-state index is 12.5. The third-order valence-electron chi connectivity index (χ3n) is 4.76. The van der Waals surface area contributed by atoms with Crippen LogP contribution in [0.25, 0.3) is 0 Å². The minimum atomic E-state index is -1.07. The summed E-state index contributed by atoms with van der Waals surface area (Å²) in [5.41, 5.74) is 6.47. The molecule has 2 aliphatic heterocycles. The van der Waals surface area contributed by atoms with E-state index in [9.17, 15) is 24.3 Å². The number of aliphatic carboxylic acids is 1. The van der Waals surface area contributed by atoms with Gasteiger partial charge in [0.05, 0.1) is 0 Å². The highest BCUT2D eigenvalue weighted by Crippen LogP contribution is 2.50. The molecule has 2 amide bonds. The smallest absolute Gasteiger partial charge is 0.327 e. The van der Waals surface area contributed by atoms with Crippen LogP contribution in [-0.2, 0) is 19.2 Å². The Morgan fingerprint density at radius 2 is 1.89 bits per heavy atom. The number of thioether (sulfide) groups is 1. The quantitative estimate of drug-likeness (QED) is 0.358. The number of nitrogens with zero attached hydrogens (tertiary/aromatic N) is 1. The van der Waals surface area contributed by atoms with Crippen LogP contribution in [0.1, 0.15) is 32.4 Å². The molecule has 2 saturated heterocycles. The maximum absolute atomic E-state index is 12.5. The topological polar surface area (TPSA) is 139 Å². The first-order valence-electron chi connectivity index (χ1n) is 8.60. The summed E-state index contributed by atoms with van der Waals surface area (Å²) in [7, 11) is 0. The Morgan fingerprint density at radius 1 is 1.29 bits per heavy atom. The molecular formula is C18H21N3O6S. The van der Waals surface area contributed by atoms with Crippen molar-refractivity contribution in [1.29, 1.82) is 0 Å². The summed E-state index contributed by atoms with van der Waals surface area (Å²) in [6.45, 7) is 4.80. The first kappa shape index (κ1) is 20.2. The molecule has 2 fully saturated rings. The predicted octanol–water partition coefficient (Wildman–Crippen LogP) is 0.243. The highest BCUT2D eigenvalue weighted by atomic mass is 32.2. The van der Waals surface area contributed by atoms with E-state index in [4.69, 9.17) is 10.5 Å². The zero-order chi connectivity index (χ0) is 20.8. The SMILES string of the molecule is CC(=O)Oc1ccc(C(N)C(=O)NC2C(=O)N3[C@@H]2SC(C)(C)[C@@H]3C(=O)O)cc1. The number of ether oxygens (including phenoxy) is 1. The number of carbonyl (C=O) groups excluding carboxylic acids is 3. The van der Waals surface area contributed by atoms with Crippen molar-refractivity contribution < 1.29 is 29.0 Å². The number of carboxylic acids is 1. The molecule has 3 rings (SSSR count). The van der Waals surface area contributed by atoms with Crippen LogP contribution in [0.3, 0.4) is 0 Å². The highest BCUT2D eigenvalue weighted by molar-refractivity contribution is 8.01. The second-order valence-corrected chi connectivity index (χ2v) is 9.00. The molecule has 10 heteroatoms. The van der Waals surface area contributed by atoms with E-state index < -0.39 is 52.0 Å². The number of benzene rings is 1. The zero-order valence-corrected chi connectivity index (χ0v) is 16.4. The van der Waals surface area contributed by atoms with Crippen molar-refractivity contribution >= 4 is 35.5 Å². The molecule has 0 spiro atoms. The maximum Gasteiger partial charge on any atom is 0.327 e. The van der Waals surface area contributed by atoms with Gasteiger partial charge < -0.3 is 25.8 Å². The molecule has 150 valence electrons. The predicted molar refractivity (Wildman–Crippen MR) is 100 cm³/mol. The molecule has 28 heavy (non-hydrogen) atoms. The molecule has 0 bridgehead atoms. The minimum absolute atomic E-state index is 0.331. The zero-order valence-electron chi connectivity index (χ0n) is 15.5. The van der Waals surface area contributed by atoms with Crippen molar-refractivity contribution in [2.24, 2.45) is 5.73 Å². The van der Waals surface area contributed by atoms with Crippen molar-refractivity contribution in [1.82, 2.24) is 10.2 Å². The Morgan fingerprint density at radius 3 is 2.43 bits per heavy atom. The monoisotopic (exact) mass is 407 g/mol. The summed E-state index contributed by atoms with van der Waals surface area (Å²) in [6.07, 6.45) is 0. The lowest BCUT2D eigenvalue weighted by Crippen LogP contribution is -2.71. The number of nitrogens with two attached hydrogens (primary N) is 1. The Hall–Kier alpha value is -2.59. The number of amides is 2. The van der Waals surface area contributed by atoms with Crippen molar-refractivity contribution in [2.75, 3.05) is 0 Å². The van der Waals surface area contributed by atoms with E-state index >= 15 is 0 Å². The van der Waals surface area contributed by atoms with Crippen molar-refractivity contribution in [3.05, 3.63) is 29.8 Å². The minimum Gasteiger partial charge on any atom is -0.480 e. The Balaban J connectivity index is 1.66. The molecular weight excluding hydrogens is 386 g/mol. The number of esters is 1. The molecule has 0 aliphatic carbocycles. The summed E-state index contributed by atoms with van der Waals surface area (Å²) in [6, 6.07) is 3.39. The fourth-order valence-electron chi connectivity index (χ4n) is 3.45. The van der Waals surface area contributed by atoms with Crippen molar-refractivity contribution in [2.45, 2.75) is 49.0 Å². The molecule has 0 aromatic heterocycles. The van der Waals surface area contributed by atoms with Crippen LogP contribution in [0.5, 0.6) is 5.75 Å². The number of β-lactam (4-membered cyclic amide) rings is 1. The van der Waals surface area contributed by atoms with E-state index in [1.807, 2.05) is 0 Å². The highest BCUT2D eigenvalue weighted by Gasteiger charge is 2.64. The molecule has 0 radical (unpaired) electrons. The standard InChI is InChI=1S/C18H21N3O6S/c1-8(22)27-10-6-4-9(5-7-10)11(19)14(23)20-12-15(24)21-13(17(25)26)18(2,3)28-16(12)21/h4-7,11-13,16H,19H2,1-3H3,(H,20,23)(H,25,26)/t11?,12?,13-,16+/m0/s1. The average Bonchev–Trinajstić information content (AvgIpc) is 2.87. The second-order valence-electron chi connectivity index (χ2n) is 7.22. The summed E-state index contributed by atoms with van der Waals surface area (Å²) < 4.78 is 4.26. The lowest BCUT2D eigenvalue weighted by Gasteiger charge is -2.43. The first-order valence-corrected chi connectivity index (χ1v) is 9.48. The summed E-state index contributed by atoms with van der Waals surface area (Å²) in [5, 5.41) is 11.6. The second kappa shape index (κ2) is 7.10. The van der Waals surface area contributed by atoms with Crippen LogP contribution in [0.2, 0.25) is 0 Å². The lowest BCUT2D eigenvalue weighted by molar-refractivity contribution is -0.161. The summed E-state index contributed by atoms with van der Waals surface area (Å²) in [5.74, 6) is -2.17. The van der Waals surface area contributed by atoms with Gasteiger partial charge in [0.15, 0.2) is 0 Å². The van der Waals surface area contributed by atoms with Crippen LogP contribution < -0.4 is 15.8 Å². The van der Waals surface area contributed by atoms with Crippen LogP contribution in [0, 0.1) is 0 Å². The Labute approximate surface area is 165 Å². The van der Waals surface area contributed by atoms with Crippen LogP contribution in [-0.4, -0.2) is 56.0 Å². The van der Waals surface area contributed by atoms with E-state index in [2.05, 4.69) is 5.32 Å². The van der Waals surface area contributed by atoms with Gasteiger partial charge in [-0.05, 0) is 31.5 Å². The number of rotatable bonds is 5. The number of hydrogen-bond donors (Lipinski definition) is 3. The number of carbonyl (C=O) groups is 4. The fraction of sp³-hybridized carbons (Fsp3) is 0.444.